The number of nitrogens with two attached hydrogens (primary N) is 1. The van der Waals surface area contributed by atoms with Crippen LogP contribution in [0.2, 0.25) is 0 Å². The first kappa shape index (κ1) is 12.1. The maximum atomic E-state index is 11.8. The Morgan fingerprint density at radius 1 is 1.53 bits per heavy atom. The van der Waals surface area contributed by atoms with Gasteiger partial charge in [0.15, 0.2) is 0 Å². The summed E-state index contributed by atoms with van der Waals surface area (Å²) in [5, 5.41) is 7.01. The molecule has 1 saturated carbocycles. The molecule has 0 radical (unpaired) electrons. The molecule has 0 unspecified atom stereocenters. The number of hydrogen-bond acceptors (Lipinski definition) is 3. The number of rotatable bonds is 3. The minimum Gasteiger partial charge on any atom is -0.350 e. The van der Waals surface area contributed by atoms with Gasteiger partial charge in [-0.1, -0.05) is 0 Å². The Morgan fingerprint density at radius 3 is 2.82 bits per heavy atom. The molecule has 0 saturated heterocycles. The van der Waals surface area contributed by atoms with Crippen LogP contribution >= 0.6 is 0 Å². The number of aromatic nitrogens is 2. The lowest BCUT2D eigenvalue weighted by Gasteiger charge is -2.25. The Bertz CT molecular complexity index is 380. The average Bonchev–Trinajstić information content (AvgIpc) is 2.75. The lowest BCUT2D eigenvalue weighted by atomic mass is 9.86. The van der Waals surface area contributed by atoms with Crippen molar-refractivity contribution in [3.8, 4) is 0 Å². The summed E-state index contributed by atoms with van der Waals surface area (Å²) in [5.74, 6) is 0.489. The van der Waals surface area contributed by atoms with Crippen LogP contribution < -0.4 is 11.1 Å². The minimum atomic E-state index is -0.0829. The van der Waals surface area contributed by atoms with Crippen molar-refractivity contribution in [1.29, 1.82) is 0 Å². The molecule has 1 aromatic heterocycles. The monoisotopic (exact) mass is 236 g/mol. The second-order valence-corrected chi connectivity index (χ2v) is 4.87. The van der Waals surface area contributed by atoms with E-state index >= 15 is 0 Å². The lowest BCUT2D eigenvalue weighted by molar-refractivity contribution is 0.0937. The summed E-state index contributed by atoms with van der Waals surface area (Å²) in [4.78, 5) is 11.8. The molecule has 0 bridgehead atoms. The number of hydrogen-bond donors (Lipinski definition) is 2. The highest BCUT2D eigenvalue weighted by atomic mass is 16.1. The molecule has 17 heavy (non-hydrogen) atoms. The van der Waals surface area contributed by atoms with E-state index in [-0.39, 0.29) is 5.91 Å². The van der Waals surface area contributed by atoms with Gasteiger partial charge in [0.1, 0.15) is 5.69 Å². The highest BCUT2D eigenvalue weighted by molar-refractivity contribution is 5.92. The van der Waals surface area contributed by atoms with Crippen LogP contribution in [0.25, 0.3) is 0 Å². The molecule has 5 nitrogen and oxygen atoms in total. The Labute approximate surface area is 101 Å². The summed E-state index contributed by atoms with van der Waals surface area (Å²) in [5.41, 5.74) is 6.33. The van der Waals surface area contributed by atoms with Gasteiger partial charge in [-0.2, -0.15) is 5.10 Å². The van der Waals surface area contributed by atoms with E-state index in [1.807, 2.05) is 0 Å². The third-order valence-electron chi connectivity index (χ3n) is 3.39. The quantitative estimate of drug-likeness (QED) is 0.810. The van der Waals surface area contributed by atoms with E-state index in [2.05, 4.69) is 10.4 Å². The van der Waals surface area contributed by atoms with Gasteiger partial charge < -0.3 is 11.1 Å². The fourth-order valence-corrected chi connectivity index (χ4v) is 2.26. The highest BCUT2D eigenvalue weighted by Crippen LogP contribution is 2.22. The molecule has 1 aliphatic carbocycles. The summed E-state index contributed by atoms with van der Waals surface area (Å²) in [6.07, 6.45) is 6.15. The third kappa shape index (κ3) is 3.30. The predicted octanol–water partition coefficient (Wildman–Crippen LogP) is 0.667. The van der Waals surface area contributed by atoms with Gasteiger partial charge >= 0.3 is 0 Å². The molecular weight excluding hydrogens is 216 g/mol. The first-order valence-corrected chi connectivity index (χ1v) is 6.18. The number of carbonyl (C=O) groups excluding carboxylic acids is 1. The molecule has 1 aromatic rings. The van der Waals surface area contributed by atoms with Crippen molar-refractivity contribution < 1.29 is 4.79 Å². The Hall–Kier alpha value is -1.36. The fourth-order valence-electron chi connectivity index (χ4n) is 2.26. The van der Waals surface area contributed by atoms with Crippen LogP contribution in [0.4, 0.5) is 0 Å². The van der Waals surface area contributed by atoms with Crippen molar-refractivity contribution in [3.63, 3.8) is 0 Å². The van der Waals surface area contributed by atoms with Gasteiger partial charge in [0.25, 0.3) is 5.91 Å². The molecule has 1 fully saturated rings. The maximum Gasteiger partial charge on any atom is 0.271 e. The highest BCUT2D eigenvalue weighted by Gasteiger charge is 2.19. The van der Waals surface area contributed by atoms with Crippen LogP contribution in [-0.4, -0.2) is 28.3 Å². The molecule has 94 valence electrons. The van der Waals surface area contributed by atoms with Crippen molar-refractivity contribution in [2.75, 3.05) is 6.54 Å². The summed E-state index contributed by atoms with van der Waals surface area (Å²) >= 11 is 0. The van der Waals surface area contributed by atoms with Crippen LogP contribution in [0.5, 0.6) is 0 Å². The zero-order chi connectivity index (χ0) is 12.3. The molecule has 5 heteroatoms. The Morgan fingerprint density at radius 2 is 2.24 bits per heavy atom. The first-order chi connectivity index (χ1) is 8.15. The second kappa shape index (κ2) is 5.31. The van der Waals surface area contributed by atoms with Crippen molar-refractivity contribution in [1.82, 2.24) is 15.1 Å². The summed E-state index contributed by atoms with van der Waals surface area (Å²) in [6.45, 7) is 0.738. The predicted molar refractivity (Wildman–Crippen MR) is 65.5 cm³/mol. The molecule has 0 spiro atoms. The number of nitrogens with zero attached hydrogens (tertiary/aromatic N) is 2. The number of amides is 1. The van der Waals surface area contributed by atoms with Crippen LogP contribution in [-0.2, 0) is 7.05 Å². The smallest absolute Gasteiger partial charge is 0.271 e. The SMILES string of the molecule is Cn1ccc(C(=O)NCC2CCC(N)CC2)n1. The zero-order valence-corrected chi connectivity index (χ0v) is 10.2. The topological polar surface area (TPSA) is 72.9 Å². The van der Waals surface area contributed by atoms with Gasteiger partial charge in [0.2, 0.25) is 0 Å². The van der Waals surface area contributed by atoms with E-state index in [1.165, 1.54) is 0 Å². The summed E-state index contributed by atoms with van der Waals surface area (Å²) < 4.78 is 1.63. The van der Waals surface area contributed by atoms with E-state index in [0.717, 1.165) is 32.2 Å². The lowest BCUT2D eigenvalue weighted by Crippen LogP contribution is -2.34. The van der Waals surface area contributed by atoms with Gasteiger partial charge in [-0.3, -0.25) is 9.48 Å². The van der Waals surface area contributed by atoms with Crippen molar-refractivity contribution in [2.24, 2.45) is 18.7 Å². The largest absolute Gasteiger partial charge is 0.350 e. The molecular formula is C12H20N4O. The second-order valence-electron chi connectivity index (χ2n) is 4.87. The Kier molecular flexibility index (Phi) is 3.78. The van der Waals surface area contributed by atoms with E-state index in [1.54, 1.807) is 24.0 Å². The number of carbonyl (C=O) groups is 1. The Balaban J connectivity index is 1.76. The third-order valence-corrected chi connectivity index (χ3v) is 3.39. The van der Waals surface area contributed by atoms with E-state index < -0.39 is 0 Å². The van der Waals surface area contributed by atoms with E-state index in [9.17, 15) is 4.79 Å². The van der Waals surface area contributed by atoms with E-state index in [0.29, 0.717) is 17.7 Å². The average molecular weight is 236 g/mol. The molecule has 1 amide bonds. The van der Waals surface area contributed by atoms with Crippen molar-refractivity contribution in [2.45, 2.75) is 31.7 Å². The van der Waals surface area contributed by atoms with Crippen molar-refractivity contribution in [3.05, 3.63) is 18.0 Å². The molecule has 2 rings (SSSR count). The number of aryl methyl sites for hydroxylation is 1. The van der Waals surface area contributed by atoms with Crippen molar-refractivity contribution >= 4 is 5.91 Å². The van der Waals surface area contributed by atoms with Gasteiger partial charge in [0.05, 0.1) is 0 Å². The number of nitrogens with one attached hydrogen (secondary N) is 1. The zero-order valence-electron chi connectivity index (χ0n) is 10.2. The molecule has 3 N–H and O–H groups in total. The maximum absolute atomic E-state index is 11.8. The molecule has 1 aliphatic rings. The normalized spacial score (nSPS) is 24.6. The van der Waals surface area contributed by atoms with Crippen LogP contribution in [0.15, 0.2) is 12.3 Å². The van der Waals surface area contributed by atoms with Gasteiger partial charge in [-0.15, -0.1) is 0 Å². The van der Waals surface area contributed by atoms with Crippen LogP contribution in [0.3, 0.4) is 0 Å². The van der Waals surface area contributed by atoms with Crippen LogP contribution in [0.1, 0.15) is 36.2 Å². The standard InChI is InChI=1S/C12H20N4O/c1-16-7-6-11(15-16)12(17)14-8-9-2-4-10(13)5-3-9/h6-7,9-10H,2-5,8,13H2,1H3,(H,14,17). The first-order valence-electron chi connectivity index (χ1n) is 6.18. The molecule has 1 heterocycles. The minimum absolute atomic E-state index is 0.0829. The van der Waals surface area contributed by atoms with Crippen LogP contribution in [0, 0.1) is 5.92 Å². The molecule has 0 aromatic carbocycles. The summed E-state index contributed by atoms with van der Waals surface area (Å²) in [6, 6.07) is 2.09. The fraction of sp³-hybridized carbons (Fsp3) is 0.667. The van der Waals surface area contributed by atoms with E-state index in [4.69, 9.17) is 5.73 Å². The molecule has 0 atom stereocenters. The van der Waals surface area contributed by atoms with Gasteiger partial charge in [-0.05, 0) is 37.7 Å². The van der Waals surface area contributed by atoms with Gasteiger partial charge in [0, 0.05) is 25.8 Å². The summed E-state index contributed by atoms with van der Waals surface area (Å²) in [7, 11) is 1.80. The van der Waals surface area contributed by atoms with Gasteiger partial charge in [-0.25, -0.2) is 0 Å². The molecule has 0 aliphatic heterocycles.